The summed E-state index contributed by atoms with van der Waals surface area (Å²) in [5.74, 6) is 0.230. The summed E-state index contributed by atoms with van der Waals surface area (Å²) in [4.78, 5) is 5.61. The van der Waals surface area contributed by atoms with Gasteiger partial charge in [-0.2, -0.15) is 17.0 Å². The topological polar surface area (TPSA) is 62.7 Å². The maximum absolute atomic E-state index is 12.7. The van der Waals surface area contributed by atoms with Gasteiger partial charge in [0.25, 0.3) is 10.2 Å². The Morgan fingerprint density at radius 2 is 2.05 bits per heavy atom. The molecule has 8 heteroatoms. The highest BCUT2D eigenvalue weighted by Crippen LogP contribution is 2.31. The van der Waals surface area contributed by atoms with Crippen LogP contribution in [0.2, 0.25) is 0 Å². The molecule has 0 amide bonds. The smallest absolute Gasteiger partial charge is 0.282 e. The second-order valence-electron chi connectivity index (χ2n) is 5.53. The molecule has 3 heterocycles. The molecule has 1 atom stereocenters. The Kier molecular flexibility index (Phi) is 4.60. The maximum atomic E-state index is 12.7. The Bertz CT molecular complexity index is 581. The molecular weight excluding hydrogens is 310 g/mol. The lowest BCUT2D eigenvalue weighted by Gasteiger charge is -2.36. The van der Waals surface area contributed by atoms with Gasteiger partial charge in [-0.25, -0.2) is 4.98 Å². The first-order valence-corrected chi connectivity index (χ1v) is 9.54. The van der Waals surface area contributed by atoms with Crippen LogP contribution in [0, 0.1) is 6.92 Å². The lowest BCUT2D eigenvalue weighted by molar-refractivity contribution is 0.0695. The minimum absolute atomic E-state index is 0.230. The fourth-order valence-corrected chi connectivity index (χ4v) is 5.42. The van der Waals surface area contributed by atoms with Gasteiger partial charge in [0.1, 0.15) is 0 Å². The molecule has 118 valence electrons. The lowest BCUT2D eigenvalue weighted by Crippen LogP contribution is -2.51. The van der Waals surface area contributed by atoms with E-state index in [0.717, 1.165) is 17.8 Å². The second-order valence-corrected chi connectivity index (χ2v) is 8.72. The molecule has 0 saturated carbocycles. The molecule has 0 radical (unpaired) electrons. The van der Waals surface area contributed by atoms with E-state index in [2.05, 4.69) is 4.98 Å². The normalized spacial score (nSPS) is 26.0. The third-order valence-electron chi connectivity index (χ3n) is 4.00. The lowest BCUT2D eigenvalue weighted by atomic mass is 10.0. The first-order chi connectivity index (χ1) is 10.1. The Balaban J connectivity index is 1.73. The fraction of sp³-hybridized carbons (Fsp3) is 0.769. The molecule has 2 saturated heterocycles. The minimum Gasteiger partial charge on any atom is -0.379 e. The monoisotopic (exact) mass is 331 g/mol. The van der Waals surface area contributed by atoms with E-state index in [-0.39, 0.29) is 5.92 Å². The van der Waals surface area contributed by atoms with Gasteiger partial charge in [0.15, 0.2) is 0 Å². The first-order valence-electron chi connectivity index (χ1n) is 7.32. The second kappa shape index (κ2) is 6.29. The Morgan fingerprint density at radius 3 is 2.71 bits per heavy atom. The van der Waals surface area contributed by atoms with Crippen LogP contribution in [0.1, 0.15) is 28.6 Å². The van der Waals surface area contributed by atoms with Crippen LogP contribution < -0.4 is 0 Å². The number of thiazole rings is 1. The summed E-state index contributed by atoms with van der Waals surface area (Å²) < 4.78 is 33.8. The zero-order valence-corrected chi connectivity index (χ0v) is 13.8. The molecule has 3 rings (SSSR count). The zero-order valence-electron chi connectivity index (χ0n) is 12.2. The molecule has 0 bridgehead atoms. The Morgan fingerprint density at radius 1 is 1.29 bits per heavy atom. The van der Waals surface area contributed by atoms with Crippen molar-refractivity contribution in [3.05, 3.63) is 16.1 Å². The van der Waals surface area contributed by atoms with E-state index in [1.807, 2.05) is 13.1 Å². The quantitative estimate of drug-likeness (QED) is 0.835. The van der Waals surface area contributed by atoms with E-state index in [1.54, 1.807) is 19.9 Å². The van der Waals surface area contributed by atoms with Crippen molar-refractivity contribution < 1.29 is 13.2 Å². The third-order valence-corrected chi connectivity index (χ3v) is 7.07. The number of piperidine rings is 1. The van der Waals surface area contributed by atoms with E-state index < -0.39 is 10.2 Å². The van der Waals surface area contributed by atoms with Gasteiger partial charge in [0.05, 0.1) is 18.2 Å². The molecule has 0 aromatic carbocycles. The SMILES string of the molecule is Cc1cnc([C@H]2CCCN(S(=O)(=O)N3CCOCC3)C2)s1. The average Bonchev–Trinajstić information content (AvgIpc) is 2.95. The summed E-state index contributed by atoms with van der Waals surface area (Å²) >= 11 is 1.68. The number of ether oxygens (including phenoxy) is 1. The molecule has 0 spiro atoms. The van der Waals surface area contributed by atoms with Crippen LogP contribution in [0.15, 0.2) is 6.20 Å². The molecule has 2 aliphatic rings. The summed E-state index contributed by atoms with van der Waals surface area (Å²) in [6.45, 7) is 5.09. The minimum atomic E-state index is -3.36. The molecule has 21 heavy (non-hydrogen) atoms. The van der Waals surface area contributed by atoms with E-state index in [0.29, 0.717) is 39.4 Å². The van der Waals surface area contributed by atoms with Crippen LogP contribution in [0.4, 0.5) is 0 Å². The largest absolute Gasteiger partial charge is 0.379 e. The van der Waals surface area contributed by atoms with Crippen molar-refractivity contribution in [1.82, 2.24) is 13.6 Å². The van der Waals surface area contributed by atoms with Crippen molar-refractivity contribution in [3.8, 4) is 0 Å². The molecule has 0 unspecified atom stereocenters. The van der Waals surface area contributed by atoms with Crippen LogP contribution in [-0.4, -0.2) is 61.4 Å². The highest BCUT2D eigenvalue weighted by Gasteiger charge is 2.35. The molecule has 0 aliphatic carbocycles. The van der Waals surface area contributed by atoms with Gasteiger partial charge in [-0.3, -0.25) is 0 Å². The molecule has 2 fully saturated rings. The van der Waals surface area contributed by atoms with Crippen LogP contribution in [-0.2, 0) is 14.9 Å². The number of nitrogens with zero attached hydrogens (tertiary/aromatic N) is 3. The van der Waals surface area contributed by atoms with Gasteiger partial charge in [-0.15, -0.1) is 11.3 Å². The van der Waals surface area contributed by atoms with Crippen molar-refractivity contribution in [2.75, 3.05) is 39.4 Å². The Labute approximate surface area is 129 Å². The zero-order chi connectivity index (χ0) is 14.9. The highest BCUT2D eigenvalue weighted by molar-refractivity contribution is 7.86. The van der Waals surface area contributed by atoms with Gasteiger partial charge < -0.3 is 4.74 Å². The number of hydrogen-bond acceptors (Lipinski definition) is 5. The molecule has 0 N–H and O–H groups in total. The van der Waals surface area contributed by atoms with Crippen LogP contribution in [0.3, 0.4) is 0 Å². The Hall–Kier alpha value is -0.540. The van der Waals surface area contributed by atoms with Gasteiger partial charge in [0.2, 0.25) is 0 Å². The van der Waals surface area contributed by atoms with Crippen LogP contribution >= 0.6 is 11.3 Å². The van der Waals surface area contributed by atoms with Gasteiger partial charge in [-0.05, 0) is 19.8 Å². The van der Waals surface area contributed by atoms with Crippen molar-refractivity contribution in [2.24, 2.45) is 0 Å². The molecular formula is C13H21N3O3S2. The number of hydrogen-bond donors (Lipinski definition) is 0. The third kappa shape index (κ3) is 3.29. The summed E-state index contributed by atoms with van der Waals surface area (Å²) in [5, 5.41) is 1.06. The summed E-state index contributed by atoms with van der Waals surface area (Å²) in [5.41, 5.74) is 0. The van der Waals surface area contributed by atoms with Crippen LogP contribution in [0.25, 0.3) is 0 Å². The number of rotatable bonds is 3. The fourth-order valence-electron chi connectivity index (χ4n) is 2.86. The predicted octanol–water partition coefficient (Wildman–Crippen LogP) is 1.21. The van der Waals surface area contributed by atoms with Gasteiger partial charge in [-0.1, -0.05) is 0 Å². The standard InChI is InChI=1S/C13H21N3O3S2/c1-11-9-14-13(20-11)12-3-2-4-16(10-12)21(17,18)15-5-7-19-8-6-15/h9,12H,2-8,10H2,1H3/t12-/m0/s1. The summed E-state index contributed by atoms with van der Waals surface area (Å²) in [6.07, 6.45) is 3.78. The van der Waals surface area contributed by atoms with Gasteiger partial charge in [0, 0.05) is 43.2 Å². The van der Waals surface area contributed by atoms with Gasteiger partial charge >= 0.3 is 0 Å². The average molecular weight is 331 g/mol. The first kappa shape index (κ1) is 15.4. The number of aromatic nitrogens is 1. The highest BCUT2D eigenvalue weighted by atomic mass is 32.2. The van der Waals surface area contributed by atoms with Crippen molar-refractivity contribution in [3.63, 3.8) is 0 Å². The van der Waals surface area contributed by atoms with Crippen molar-refractivity contribution in [2.45, 2.75) is 25.7 Å². The van der Waals surface area contributed by atoms with Crippen molar-refractivity contribution >= 4 is 21.5 Å². The van der Waals surface area contributed by atoms with E-state index >= 15 is 0 Å². The molecule has 1 aromatic heterocycles. The molecule has 1 aromatic rings. The number of aryl methyl sites for hydroxylation is 1. The van der Waals surface area contributed by atoms with Crippen molar-refractivity contribution in [1.29, 1.82) is 0 Å². The number of morpholine rings is 1. The van der Waals surface area contributed by atoms with E-state index in [1.165, 1.54) is 4.88 Å². The van der Waals surface area contributed by atoms with E-state index in [9.17, 15) is 8.42 Å². The van der Waals surface area contributed by atoms with E-state index in [4.69, 9.17) is 4.74 Å². The summed E-state index contributed by atoms with van der Waals surface area (Å²) in [6, 6.07) is 0. The summed E-state index contributed by atoms with van der Waals surface area (Å²) in [7, 11) is -3.36. The maximum Gasteiger partial charge on any atom is 0.282 e. The molecule has 2 aliphatic heterocycles. The van der Waals surface area contributed by atoms with Crippen LogP contribution in [0.5, 0.6) is 0 Å². The predicted molar refractivity (Wildman–Crippen MR) is 81.7 cm³/mol. The molecule has 6 nitrogen and oxygen atoms in total.